The fraction of sp³-hybridized carbons (Fsp3) is 0.591. The second-order valence-electron chi connectivity index (χ2n) is 8.13. The van der Waals surface area contributed by atoms with Crippen molar-refractivity contribution < 1.29 is 5.11 Å². The second kappa shape index (κ2) is 7.53. The van der Waals surface area contributed by atoms with Gasteiger partial charge in [-0.1, -0.05) is 12.1 Å². The molecule has 4 heteroatoms. The van der Waals surface area contributed by atoms with Crippen LogP contribution in [-0.2, 0) is 6.61 Å². The molecular weight excluding hydrogens is 322 g/mol. The molecule has 1 atom stereocenters. The zero-order valence-electron chi connectivity index (χ0n) is 16.1. The molecule has 2 aliphatic rings. The van der Waals surface area contributed by atoms with Gasteiger partial charge in [-0.15, -0.1) is 0 Å². The lowest BCUT2D eigenvalue weighted by molar-refractivity contribution is 0.167. The number of aromatic nitrogens is 1. The van der Waals surface area contributed by atoms with Crippen molar-refractivity contribution in [2.75, 3.05) is 31.1 Å². The molecule has 2 saturated heterocycles. The van der Waals surface area contributed by atoms with E-state index in [1.54, 1.807) is 0 Å². The summed E-state index contributed by atoms with van der Waals surface area (Å²) >= 11 is 0. The fourth-order valence-corrected chi connectivity index (χ4v) is 4.74. The van der Waals surface area contributed by atoms with Crippen molar-refractivity contribution in [1.29, 1.82) is 0 Å². The number of piperidine rings is 1. The third-order valence-corrected chi connectivity index (χ3v) is 6.44. The summed E-state index contributed by atoms with van der Waals surface area (Å²) in [5.74, 6) is 1.77. The van der Waals surface area contributed by atoms with Crippen LogP contribution in [-0.4, -0.2) is 47.2 Å². The highest BCUT2D eigenvalue weighted by atomic mass is 16.3. The highest BCUT2D eigenvalue weighted by Gasteiger charge is 2.30. The van der Waals surface area contributed by atoms with Gasteiger partial charge in [-0.05, 0) is 76.2 Å². The molecule has 2 aliphatic heterocycles. The fourth-order valence-electron chi connectivity index (χ4n) is 4.74. The van der Waals surface area contributed by atoms with Gasteiger partial charge in [0.25, 0.3) is 0 Å². The van der Waals surface area contributed by atoms with E-state index in [1.165, 1.54) is 44.3 Å². The number of pyridine rings is 1. The van der Waals surface area contributed by atoms with Crippen LogP contribution in [0.1, 0.15) is 43.7 Å². The molecule has 0 amide bonds. The quantitative estimate of drug-likeness (QED) is 0.909. The normalized spacial score (nSPS) is 20.8. The van der Waals surface area contributed by atoms with E-state index in [-0.39, 0.29) is 6.61 Å². The van der Waals surface area contributed by atoms with E-state index in [4.69, 9.17) is 4.98 Å². The molecular formula is C22H31N3O. The second-order valence-corrected chi connectivity index (χ2v) is 8.13. The molecule has 1 aromatic heterocycles. The minimum absolute atomic E-state index is 0.0518. The van der Waals surface area contributed by atoms with Crippen LogP contribution in [0.25, 0.3) is 10.9 Å². The molecule has 2 fully saturated rings. The van der Waals surface area contributed by atoms with Crippen LogP contribution in [0.3, 0.4) is 0 Å². The zero-order valence-corrected chi connectivity index (χ0v) is 16.1. The van der Waals surface area contributed by atoms with Crippen molar-refractivity contribution in [3.63, 3.8) is 0 Å². The Kier molecular flexibility index (Phi) is 5.14. The molecule has 1 aromatic carbocycles. The summed E-state index contributed by atoms with van der Waals surface area (Å²) in [5, 5.41) is 11.0. The highest BCUT2D eigenvalue weighted by molar-refractivity contribution is 5.82. The van der Waals surface area contributed by atoms with Crippen LogP contribution in [0.4, 0.5) is 5.82 Å². The number of rotatable bonds is 4. The smallest absolute Gasteiger partial charge is 0.134 e. The molecule has 0 aliphatic carbocycles. The summed E-state index contributed by atoms with van der Waals surface area (Å²) in [6, 6.07) is 9.16. The summed E-state index contributed by atoms with van der Waals surface area (Å²) in [4.78, 5) is 10.00. The minimum atomic E-state index is 0.0518. The topological polar surface area (TPSA) is 39.6 Å². The van der Waals surface area contributed by atoms with E-state index >= 15 is 0 Å². The SMILES string of the molecule is Cc1ccc2cc(CO)c(N3CCC(C(C)N4CCCC4)CC3)nc2c1. The Bertz CT molecular complexity index is 761. The maximum Gasteiger partial charge on any atom is 0.134 e. The first kappa shape index (κ1) is 17.7. The zero-order chi connectivity index (χ0) is 18.1. The largest absolute Gasteiger partial charge is 0.392 e. The average molecular weight is 354 g/mol. The van der Waals surface area contributed by atoms with E-state index in [2.05, 4.69) is 47.9 Å². The third-order valence-electron chi connectivity index (χ3n) is 6.44. The van der Waals surface area contributed by atoms with Gasteiger partial charge in [-0.2, -0.15) is 0 Å². The van der Waals surface area contributed by atoms with Gasteiger partial charge in [-0.25, -0.2) is 4.98 Å². The van der Waals surface area contributed by atoms with Crippen LogP contribution < -0.4 is 4.90 Å². The van der Waals surface area contributed by atoms with Crippen LogP contribution >= 0.6 is 0 Å². The van der Waals surface area contributed by atoms with E-state index in [0.717, 1.165) is 41.3 Å². The number of hydrogen-bond acceptors (Lipinski definition) is 4. The van der Waals surface area contributed by atoms with Crippen LogP contribution in [0.2, 0.25) is 0 Å². The number of likely N-dealkylation sites (tertiary alicyclic amines) is 1. The molecule has 1 unspecified atom stereocenters. The lowest BCUT2D eigenvalue weighted by Crippen LogP contribution is -2.43. The summed E-state index contributed by atoms with van der Waals surface area (Å²) < 4.78 is 0. The first-order valence-corrected chi connectivity index (χ1v) is 10.2. The minimum Gasteiger partial charge on any atom is -0.392 e. The molecule has 1 N–H and O–H groups in total. The molecule has 0 spiro atoms. The van der Waals surface area contributed by atoms with Gasteiger partial charge < -0.3 is 14.9 Å². The molecule has 4 rings (SSSR count). The molecule has 0 radical (unpaired) electrons. The van der Waals surface area contributed by atoms with E-state index < -0.39 is 0 Å². The molecule has 0 saturated carbocycles. The number of hydrogen-bond donors (Lipinski definition) is 1. The Balaban J connectivity index is 1.51. The average Bonchev–Trinajstić information content (AvgIpc) is 3.21. The first-order valence-electron chi connectivity index (χ1n) is 10.2. The van der Waals surface area contributed by atoms with Crippen LogP contribution in [0.5, 0.6) is 0 Å². The van der Waals surface area contributed by atoms with Crippen molar-refractivity contribution in [2.24, 2.45) is 5.92 Å². The first-order chi connectivity index (χ1) is 12.7. The van der Waals surface area contributed by atoms with Crippen molar-refractivity contribution in [2.45, 2.75) is 52.2 Å². The summed E-state index contributed by atoms with van der Waals surface area (Å²) in [6.07, 6.45) is 5.17. The predicted molar refractivity (Wildman–Crippen MR) is 108 cm³/mol. The van der Waals surface area contributed by atoms with Gasteiger partial charge in [0.15, 0.2) is 0 Å². The number of fused-ring (bicyclic) bond motifs is 1. The molecule has 140 valence electrons. The van der Waals surface area contributed by atoms with Crippen molar-refractivity contribution in [1.82, 2.24) is 9.88 Å². The Morgan fingerprint density at radius 3 is 2.54 bits per heavy atom. The van der Waals surface area contributed by atoms with E-state index in [1.807, 2.05) is 0 Å². The number of nitrogens with zero attached hydrogens (tertiary/aromatic N) is 3. The predicted octanol–water partition coefficient (Wildman–Crippen LogP) is 3.74. The Hall–Kier alpha value is -1.65. The number of aryl methyl sites for hydroxylation is 1. The Morgan fingerprint density at radius 2 is 1.85 bits per heavy atom. The van der Waals surface area contributed by atoms with Crippen molar-refractivity contribution >= 4 is 16.7 Å². The summed E-state index contributed by atoms with van der Waals surface area (Å²) in [7, 11) is 0. The van der Waals surface area contributed by atoms with Crippen LogP contribution in [0.15, 0.2) is 24.3 Å². The maximum absolute atomic E-state index is 9.87. The van der Waals surface area contributed by atoms with Gasteiger partial charge in [0.05, 0.1) is 12.1 Å². The lowest BCUT2D eigenvalue weighted by atomic mass is 9.89. The maximum atomic E-state index is 9.87. The Morgan fingerprint density at radius 1 is 1.12 bits per heavy atom. The van der Waals surface area contributed by atoms with Gasteiger partial charge in [0, 0.05) is 30.1 Å². The van der Waals surface area contributed by atoms with Crippen LogP contribution in [0, 0.1) is 12.8 Å². The summed E-state index contributed by atoms with van der Waals surface area (Å²) in [6.45, 7) is 9.22. The highest BCUT2D eigenvalue weighted by Crippen LogP contribution is 2.31. The van der Waals surface area contributed by atoms with Gasteiger partial charge in [-0.3, -0.25) is 0 Å². The molecule has 4 nitrogen and oxygen atoms in total. The molecule has 0 bridgehead atoms. The number of anilines is 1. The van der Waals surface area contributed by atoms with E-state index in [9.17, 15) is 5.11 Å². The molecule has 2 aromatic rings. The van der Waals surface area contributed by atoms with Crippen molar-refractivity contribution in [3.8, 4) is 0 Å². The number of benzene rings is 1. The van der Waals surface area contributed by atoms with Gasteiger partial charge in [0.1, 0.15) is 5.82 Å². The standard InChI is InChI=1S/C22H31N3O/c1-16-5-6-19-14-20(15-26)22(23-21(19)13-16)25-11-7-18(8-12-25)17(2)24-9-3-4-10-24/h5-6,13-14,17-18,26H,3-4,7-12,15H2,1-2H3. The molecule has 26 heavy (non-hydrogen) atoms. The number of aliphatic hydroxyl groups is 1. The van der Waals surface area contributed by atoms with Gasteiger partial charge >= 0.3 is 0 Å². The van der Waals surface area contributed by atoms with E-state index in [0.29, 0.717) is 6.04 Å². The molecule has 3 heterocycles. The number of aliphatic hydroxyl groups excluding tert-OH is 1. The Labute approximate surface area is 156 Å². The monoisotopic (exact) mass is 353 g/mol. The van der Waals surface area contributed by atoms with Gasteiger partial charge in [0.2, 0.25) is 0 Å². The third kappa shape index (κ3) is 3.45. The lowest BCUT2D eigenvalue weighted by Gasteiger charge is -2.39. The van der Waals surface area contributed by atoms with Crippen molar-refractivity contribution in [3.05, 3.63) is 35.4 Å². The summed E-state index contributed by atoms with van der Waals surface area (Å²) in [5.41, 5.74) is 3.21.